The molecule has 4 rings (SSSR count). The molecule has 8 heteroatoms. The summed E-state index contributed by atoms with van der Waals surface area (Å²) >= 11 is 1.53. The van der Waals surface area contributed by atoms with Crippen LogP contribution in [0.5, 0.6) is 11.5 Å². The van der Waals surface area contributed by atoms with Crippen LogP contribution < -0.4 is 5.32 Å². The molecule has 2 aliphatic rings. The van der Waals surface area contributed by atoms with Gasteiger partial charge in [-0.3, -0.25) is 4.79 Å². The lowest BCUT2D eigenvalue weighted by Gasteiger charge is -2.32. The molecule has 2 heterocycles. The zero-order chi connectivity index (χ0) is 17.6. The van der Waals surface area contributed by atoms with Crippen molar-refractivity contribution in [1.82, 2.24) is 14.8 Å². The Hall–Kier alpha value is -2.48. The number of aromatic hydroxyl groups is 2. The number of nitrogens with one attached hydrogen (secondary N) is 1. The summed E-state index contributed by atoms with van der Waals surface area (Å²) in [6.07, 6.45) is 2.09. The summed E-state index contributed by atoms with van der Waals surface area (Å²) in [4.78, 5) is 17.1. The molecule has 0 fully saturated rings. The molecule has 1 aromatic carbocycles. The number of aromatic nitrogens is 3. The predicted molar refractivity (Wildman–Crippen MR) is 93.8 cm³/mol. The minimum atomic E-state index is -0.454. The van der Waals surface area contributed by atoms with Crippen molar-refractivity contribution in [2.75, 3.05) is 11.1 Å². The van der Waals surface area contributed by atoms with Gasteiger partial charge in [0.1, 0.15) is 6.04 Å². The van der Waals surface area contributed by atoms with Crippen LogP contribution >= 0.6 is 11.8 Å². The Kier molecular flexibility index (Phi) is 3.91. The smallest absolute Gasteiger partial charge is 0.227 e. The normalized spacial score (nSPS) is 19.4. The number of ketones is 1. The molecule has 0 saturated heterocycles. The number of rotatable bonds is 3. The van der Waals surface area contributed by atoms with Gasteiger partial charge >= 0.3 is 0 Å². The lowest BCUT2D eigenvalue weighted by molar-refractivity contribution is -0.116. The predicted octanol–water partition coefficient (Wildman–Crippen LogP) is 2.82. The van der Waals surface area contributed by atoms with E-state index in [2.05, 4.69) is 15.4 Å². The topological polar surface area (TPSA) is 100 Å². The molecule has 25 heavy (non-hydrogen) atoms. The summed E-state index contributed by atoms with van der Waals surface area (Å²) in [6.45, 7) is 2.03. The van der Waals surface area contributed by atoms with Crippen molar-refractivity contribution in [1.29, 1.82) is 0 Å². The van der Waals surface area contributed by atoms with Crippen molar-refractivity contribution in [3.05, 3.63) is 35.0 Å². The van der Waals surface area contributed by atoms with Crippen LogP contribution in [0.2, 0.25) is 0 Å². The highest BCUT2D eigenvalue weighted by Crippen LogP contribution is 2.42. The minimum absolute atomic E-state index is 0.0807. The van der Waals surface area contributed by atoms with E-state index in [9.17, 15) is 15.0 Å². The third kappa shape index (κ3) is 2.66. The van der Waals surface area contributed by atoms with Crippen molar-refractivity contribution in [3.63, 3.8) is 0 Å². The highest BCUT2D eigenvalue weighted by atomic mass is 32.2. The number of anilines is 1. The van der Waals surface area contributed by atoms with Gasteiger partial charge in [-0.25, -0.2) is 4.68 Å². The van der Waals surface area contributed by atoms with Crippen LogP contribution in [0.25, 0.3) is 0 Å². The van der Waals surface area contributed by atoms with E-state index in [1.54, 1.807) is 10.7 Å². The van der Waals surface area contributed by atoms with Gasteiger partial charge in [0.05, 0.1) is 0 Å². The Morgan fingerprint density at radius 2 is 2.16 bits per heavy atom. The summed E-state index contributed by atoms with van der Waals surface area (Å²) in [6, 6.07) is 4.16. The van der Waals surface area contributed by atoms with Gasteiger partial charge in [-0.05, 0) is 36.3 Å². The van der Waals surface area contributed by atoms with Crippen LogP contribution in [-0.4, -0.2) is 36.5 Å². The van der Waals surface area contributed by atoms with Crippen LogP contribution in [0.4, 0.5) is 5.95 Å². The molecule has 1 aliphatic carbocycles. The molecule has 3 N–H and O–H groups in total. The molecule has 0 bridgehead atoms. The molecule has 0 spiro atoms. The molecule has 1 unspecified atom stereocenters. The number of carbonyl (C=O) groups is 1. The average molecular weight is 358 g/mol. The number of thioether (sulfide) groups is 1. The third-order valence-electron chi connectivity index (χ3n) is 4.44. The fraction of sp³-hybridized carbons (Fsp3) is 0.353. The standard InChI is InChI=1S/C17H18N4O3S/c1-2-25-17-19-16-18-10-4-3-5-12(23)14(10)15(21(16)20-17)9-6-7-11(22)13(24)8-9/h6-8,15,22,24H,2-5H2,1H3,(H,18,19,20). The van der Waals surface area contributed by atoms with Gasteiger partial charge in [-0.2, -0.15) is 4.98 Å². The van der Waals surface area contributed by atoms with Crippen LogP contribution in [0.15, 0.2) is 34.6 Å². The molecule has 0 radical (unpaired) electrons. The first-order valence-corrected chi connectivity index (χ1v) is 9.21. The zero-order valence-corrected chi connectivity index (χ0v) is 14.5. The zero-order valence-electron chi connectivity index (χ0n) is 13.7. The van der Waals surface area contributed by atoms with Crippen molar-refractivity contribution in [2.45, 2.75) is 37.4 Å². The first-order valence-electron chi connectivity index (χ1n) is 8.23. The Balaban J connectivity index is 1.89. The fourth-order valence-corrected chi connectivity index (χ4v) is 3.90. The summed E-state index contributed by atoms with van der Waals surface area (Å²) < 4.78 is 1.70. The second-order valence-electron chi connectivity index (χ2n) is 6.04. The van der Waals surface area contributed by atoms with E-state index >= 15 is 0 Å². The number of allylic oxidation sites excluding steroid dienone is 2. The number of phenols is 2. The molecule has 1 atom stereocenters. The first kappa shape index (κ1) is 16.0. The maximum Gasteiger partial charge on any atom is 0.227 e. The number of benzene rings is 1. The Morgan fingerprint density at radius 1 is 1.32 bits per heavy atom. The lowest BCUT2D eigenvalue weighted by Crippen LogP contribution is -2.31. The van der Waals surface area contributed by atoms with Crippen LogP contribution in [0, 0.1) is 0 Å². The Morgan fingerprint density at radius 3 is 2.92 bits per heavy atom. The van der Waals surface area contributed by atoms with E-state index in [1.165, 1.54) is 23.9 Å². The van der Waals surface area contributed by atoms with Gasteiger partial charge < -0.3 is 15.5 Å². The number of Topliss-reactive ketones (excluding diaryl/α,β-unsaturated/α-hetero) is 1. The molecule has 7 nitrogen and oxygen atoms in total. The summed E-state index contributed by atoms with van der Waals surface area (Å²) in [7, 11) is 0. The van der Waals surface area contributed by atoms with Gasteiger partial charge in [0, 0.05) is 17.7 Å². The average Bonchev–Trinajstić information content (AvgIpc) is 2.98. The van der Waals surface area contributed by atoms with Crippen molar-refractivity contribution < 1.29 is 15.0 Å². The molecular weight excluding hydrogens is 340 g/mol. The number of carbonyl (C=O) groups excluding carboxylic acids is 1. The summed E-state index contributed by atoms with van der Waals surface area (Å²) in [5, 5.41) is 28.0. The number of nitrogens with zero attached hydrogens (tertiary/aromatic N) is 3. The third-order valence-corrected chi connectivity index (χ3v) is 5.16. The highest BCUT2D eigenvalue weighted by Gasteiger charge is 2.37. The van der Waals surface area contributed by atoms with Crippen LogP contribution in [0.3, 0.4) is 0 Å². The monoisotopic (exact) mass is 358 g/mol. The van der Waals surface area contributed by atoms with Gasteiger partial charge in [0.2, 0.25) is 11.1 Å². The van der Waals surface area contributed by atoms with E-state index < -0.39 is 6.04 Å². The Labute approximate surface area is 148 Å². The van der Waals surface area contributed by atoms with Gasteiger partial charge in [-0.15, -0.1) is 5.10 Å². The van der Waals surface area contributed by atoms with Crippen LogP contribution in [-0.2, 0) is 4.79 Å². The van der Waals surface area contributed by atoms with Gasteiger partial charge in [0.25, 0.3) is 0 Å². The minimum Gasteiger partial charge on any atom is -0.504 e. The molecule has 130 valence electrons. The SMILES string of the molecule is CCSc1nc2n(n1)C(c1ccc(O)c(O)c1)C1=C(CCCC1=O)N2. The van der Waals surface area contributed by atoms with Crippen molar-refractivity contribution >= 4 is 23.5 Å². The number of fused-ring (bicyclic) bond motifs is 1. The maximum atomic E-state index is 12.6. The van der Waals surface area contributed by atoms with E-state index in [4.69, 9.17) is 0 Å². The molecule has 1 aromatic heterocycles. The number of hydrogen-bond acceptors (Lipinski definition) is 7. The molecular formula is C17H18N4O3S. The summed E-state index contributed by atoms with van der Waals surface area (Å²) in [5.74, 6) is 1.12. The van der Waals surface area contributed by atoms with E-state index in [0.717, 1.165) is 24.3 Å². The lowest BCUT2D eigenvalue weighted by atomic mass is 9.85. The van der Waals surface area contributed by atoms with Gasteiger partial charge in [-0.1, -0.05) is 24.8 Å². The largest absolute Gasteiger partial charge is 0.504 e. The Bertz CT molecular complexity index is 890. The molecule has 0 saturated carbocycles. The molecule has 0 amide bonds. The van der Waals surface area contributed by atoms with E-state index in [1.807, 2.05) is 6.92 Å². The first-order chi connectivity index (χ1) is 12.1. The summed E-state index contributed by atoms with van der Waals surface area (Å²) in [5.41, 5.74) is 2.24. The fourth-order valence-electron chi connectivity index (χ4n) is 3.35. The second-order valence-corrected chi connectivity index (χ2v) is 7.27. The van der Waals surface area contributed by atoms with E-state index in [0.29, 0.717) is 28.7 Å². The highest BCUT2D eigenvalue weighted by molar-refractivity contribution is 7.99. The van der Waals surface area contributed by atoms with E-state index in [-0.39, 0.29) is 17.3 Å². The van der Waals surface area contributed by atoms with Crippen molar-refractivity contribution in [2.24, 2.45) is 0 Å². The number of phenolic OH excluding ortho intramolecular Hbond substituents is 2. The van der Waals surface area contributed by atoms with Crippen LogP contribution in [0.1, 0.15) is 37.8 Å². The van der Waals surface area contributed by atoms with Gasteiger partial charge in [0.15, 0.2) is 17.3 Å². The maximum absolute atomic E-state index is 12.6. The molecule has 1 aliphatic heterocycles. The van der Waals surface area contributed by atoms with Crippen molar-refractivity contribution in [3.8, 4) is 11.5 Å². The second kappa shape index (κ2) is 6.11. The molecule has 2 aromatic rings. The number of hydrogen-bond donors (Lipinski definition) is 3. The quantitative estimate of drug-likeness (QED) is 0.573.